The lowest BCUT2D eigenvalue weighted by Gasteiger charge is -2.27. The highest BCUT2D eigenvalue weighted by atomic mass is 19.3. The molecule has 0 N–H and O–H groups in total. The summed E-state index contributed by atoms with van der Waals surface area (Å²) in [6.45, 7) is 3.73. The highest BCUT2D eigenvalue weighted by Crippen LogP contribution is 2.37. The van der Waals surface area contributed by atoms with Crippen LogP contribution in [0.2, 0.25) is 0 Å². The highest BCUT2D eigenvalue weighted by Gasteiger charge is 2.34. The summed E-state index contributed by atoms with van der Waals surface area (Å²) in [5, 5.41) is 0. The molecular formula is C9H15F2. The molecule has 1 radical (unpaired) electrons. The Kier molecular flexibility index (Phi) is 2.85. The number of alkyl halides is 2. The molecule has 0 aliphatic heterocycles. The average Bonchev–Trinajstić information content (AvgIpc) is 1.94. The number of hydrogen-bond acceptors (Lipinski definition) is 0. The lowest BCUT2D eigenvalue weighted by molar-refractivity contribution is -0.0464. The Bertz CT molecular complexity index is 111. The SMILES string of the molecule is [CH2]CCC1CCC(F)(F)CC1. The Morgan fingerprint density at radius 1 is 1.27 bits per heavy atom. The van der Waals surface area contributed by atoms with Gasteiger partial charge in [0.2, 0.25) is 5.92 Å². The summed E-state index contributed by atoms with van der Waals surface area (Å²) in [6.07, 6.45) is 3.49. The Balaban J connectivity index is 2.25. The Labute approximate surface area is 67.0 Å². The molecule has 0 unspecified atom stereocenters. The fraction of sp³-hybridized carbons (Fsp3) is 0.889. The molecule has 0 nitrogen and oxygen atoms in total. The molecule has 11 heavy (non-hydrogen) atoms. The van der Waals surface area contributed by atoms with Gasteiger partial charge >= 0.3 is 0 Å². The minimum Gasteiger partial charge on any atom is -0.207 e. The molecular weight excluding hydrogens is 146 g/mol. The van der Waals surface area contributed by atoms with Crippen LogP contribution in [-0.2, 0) is 0 Å². The van der Waals surface area contributed by atoms with E-state index in [9.17, 15) is 8.78 Å². The van der Waals surface area contributed by atoms with Crippen LogP contribution in [0.4, 0.5) is 8.78 Å². The van der Waals surface area contributed by atoms with Crippen LogP contribution < -0.4 is 0 Å². The number of halogens is 2. The molecule has 0 heterocycles. The van der Waals surface area contributed by atoms with Gasteiger partial charge in [0, 0.05) is 12.8 Å². The summed E-state index contributed by atoms with van der Waals surface area (Å²) in [7, 11) is 0. The van der Waals surface area contributed by atoms with Gasteiger partial charge in [-0.25, -0.2) is 8.78 Å². The maximum absolute atomic E-state index is 12.6. The van der Waals surface area contributed by atoms with Gasteiger partial charge in [-0.3, -0.25) is 0 Å². The zero-order valence-electron chi connectivity index (χ0n) is 6.78. The normalized spacial score (nSPS) is 25.4. The van der Waals surface area contributed by atoms with Crippen molar-refractivity contribution in [3.05, 3.63) is 6.92 Å². The second-order valence-electron chi connectivity index (χ2n) is 3.44. The van der Waals surface area contributed by atoms with E-state index in [1.54, 1.807) is 0 Å². The zero-order valence-corrected chi connectivity index (χ0v) is 6.78. The van der Waals surface area contributed by atoms with Crippen molar-refractivity contribution in [2.45, 2.75) is 44.4 Å². The average molecular weight is 161 g/mol. The van der Waals surface area contributed by atoms with Gasteiger partial charge in [0.05, 0.1) is 0 Å². The van der Waals surface area contributed by atoms with Gasteiger partial charge in [0.25, 0.3) is 0 Å². The highest BCUT2D eigenvalue weighted by molar-refractivity contribution is 4.77. The molecule has 1 saturated carbocycles. The maximum atomic E-state index is 12.6. The summed E-state index contributed by atoms with van der Waals surface area (Å²) in [4.78, 5) is 0. The summed E-state index contributed by atoms with van der Waals surface area (Å²) in [6, 6.07) is 0. The van der Waals surface area contributed by atoms with E-state index in [1.807, 2.05) is 0 Å². The third-order valence-corrected chi connectivity index (χ3v) is 2.45. The summed E-state index contributed by atoms with van der Waals surface area (Å²) in [5.41, 5.74) is 0. The fourth-order valence-electron chi connectivity index (χ4n) is 1.68. The molecule has 1 rings (SSSR count). The van der Waals surface area contributed by atoms with E-state index in [1.165, 1.54) is 0 Å². The predicted molar refractivity (Wildman–Crippen MR) is 41.5 cm³/mol. The third kappa shape index (κ3) is 2.76. The van der Waals surface area contributed by atoms with Crippen LogP contribution in [0.1, 0.15) is 38.5 Å². The molecule has 65 valence electrons. The fourth-order valence-corrected chi connectivity index (χ4v) is 1.68. The molecule has 0 amide bonds. The van der Waals surface area contributed by atoms with Crippen molar-refractivity contribution < 1.29 is 8.78 Å². The summed E-state index contributed by atoms with van der Waals surface area (Å²) < 4.78 is 25.2. The van der Waals surface area contributed by atoms with Crippen LogP contribution in [0.15, 0.2) is 0 Å². The van der Waals surface area contributed by atoms with E-state index in [2.05, 4.69) is 6.92 Å². The molecule has 0 aromatic rings. The lowest BCUT2D eigenvalue weighted by atomic mass is 9.84. The minimum absolute atomic E-state index is 0.0949. The lowest BCUT2D eigenvalue weighted by Crippen LogP contribution is -2.24. The quantitative estimate of drug-likeness (QED) is 0.582. The maximum Gasteiger partial charge on any atom is 0.248 e. The van der Waals surface area contributed by atoms with E-state index in [0.717, 1.165) is 12.8 Å². The van der Waals surface area contributed by atoms with Gasteiger partial charge in [-0.05, 0) is 18.8 Å². The van der Waals surface area contributed by atoms with Crippen molar-refractivity contribution in [1.82, 2.24) is 0 Å². The molecule has 2 heteroatoms. The van der Waals surface area contributed by atoms with E-state index >= 15 is 0 Å². The van der Waals surface area contributed by atoms with Gasteiger partial charge in [0.1, 0.15) is 0 Å². The predicted octanol–water partition coefficient (Wildman–Crippen LogP) is 3.43. The van der Waals surface area contributed by atoms with Crippen LogP contribution in [0, 0.1) is 12.8 Å². The molecule has 1 aliphatic carbocycles. The minimum atomic E-state index is -2.36. The number of hydrogen-bond donors (Lipinski definition) is 0. The first-order valence-electron chi connectivity index (χ1n) is 4.31. The summed E-state index contributed by atoms with van der Waals surface area (Å²) >= 11 is 0. The largest absolute Gasteiger partial charge is 0.248 e. The van der Waals surface area contributed by atoms with Gasteiger partial charge in [0.15, 0.2) is 0 Å². The Morgan fingerprint density at radius 2 is 1.82 bits per heavy atom. The van der Waals surface area contributed by atoms with Crippen LogP contribution in [0.3, 0.4) is 0 Å². The smallest absolute Gasteiger partial charge is 0.207 e. The molecule has 0 bridgehead atoms. The third-order valence-electron chi connectivity index (χ3n) is 2.45. The molecule has 0 aromatic carbocycles. The van der Waals surface area contributed by atoms with Gasteiger partial charge in [-0.1, -0.05) is 19.8 Å². The van der Waals surface area contributed by atoms with Crippen LogP contribution in [0.5, 0.6) is 0 Å². The summed E-state index contributed by atoms with van der Waals surface area (Å²) in [5.74, 6) is -1.84. The Hall–Kier alpha value is -0.140. The first-order valence-corrected chi connectivity index (χ1v) is 4.31. The molecule has 0 atom stereocenters. The van der Waals surface area contributed by atoms with E-state index in [-0.39, 0.29) is 12.8 Å². The van der Waals surface area contributed by atoms with Crippen molar-refractivity contribution >= 4 is 0 Å². The molecule has 0 aromatic heterocycles. The topological polar surface area (TPSA) is 0 Å². The van der Waals surface area contributed by atoms with Gasteiger partial charge in [-0.2, -0.15) is 0 Å². The second-order valence-corrected chi connectivity index (χ2v) is 3.44. The van der Waals surface area contributed by atoms with Crippen LogP contribution >= 0.6 is 0 Å². The molecule has 1 fully saturated rings. The van der Waals surface area contributed by atoms with Crippen LogP contribution in [0.25, 0.3) is 0 Å². The Morgan fingerprint density at radius 3 is 2.27 bits per heavy atom. The van der Waals surface area contributed by atoms with E-state index < -0.39 is 5.92 Å². The molecule has 1 aliphatic rings. The zero-order chi connectivity index (χ0) is 8.32. The van der Waals surface area contributed by atoms with Crippen molar-refractivity contribution in [1.29, 1.82) is 0 Å². The first-order chi connectivity index (χ1) is 5.14. The van der Waals surface area contributed by atoms with Gasteiger partial charge < -0.3 is 0 Å². The first kappa shape index (κ1) is 8.95. The second kappa shape index (κ2) is 3.51. The van der Waals surface area contributed by atoms with Crippen molar-refractivity contribution in [3.63, 3.8) is 0 Å². The standard InChI is InChI=1S/C9H15F2/c1-2-3-8-4-6-9(10,11)7-5-8/h8H,1-7H2. The van der Waals surface area contributed by atoms with Crippen molar-refractivity contribution in [2.24, 2.45) is 5.92 Å². The van der Waals surface area contributed by atoms with Gasteiger partial charge in [-0.15, -0.1) is 0 Å². The van der Waals surface area contributed by atoms with Crippen molar-refractivity contribution in [2.75, 3.05) is 0 Å². The monoisotopic (exact) mass is 161 g/mol. The molecule has 0 spiro atoms. The van der Waals surface area contributed by atoms with Crippen molar-refractivity contribution in [3.8, 4) is 0 Å². The molecule has 0 saturated heterocycles. The van der Waals surface area contributed by atoms with E-state index in [4.69, 9.17) is 0 Å². The van der Waals surface area contributed by atoms with E-state index in [0.29, 0.717) is 18.8 Å². The van der Waals surface area contributed by atoms with Crippen LogP contribution in [-0.4, -0.2) is 5.92 Å². The number of rotatable bonds is 2.